The molecule has 0 aromatic heterocycles. The van der Waals surface area contributed by atoms with Gasteiger partial charge in [-0.3, -0.25) is 10.0 Å². The number of carbonyl (C=O) groups excluding carboxylic acids is 2. The minimum absolute atomic E-state index is 0.105. The molecule has 3 rings (SSSR count). The molecule has 12 heteroatoms. The van der Waals surface area contributed by atoms with E-state index in [-0.39, 0.29) is 18.4 Å². The van der Waals surface area contributed by atoms with Crippen molar-refractivity contribution in [3.63, 3.8) is 0 Å². The highest BCUT2D eigenvalue weighted by molar-refractivity contribution is 7.44. The summed E-state index contributed by atoms with van der Waals surface area (Å²) in [6.07, 6.45) is 2.71. The summed E-state index contributed by atoms with van der Waals surface area (Å²) in [7, 11) is 3.29. The number of piperazine rings is 1. The zero-order valence-electron chi connectivity index (χ0n) is 17.4. The molecule has 1 saturated heterocycles. The molecule has 0 radical (unpaired) electrons. The molecule has 0 aliphatic carbocycles. The fourth-order valence-electron chi connectivity index (χ4n) is 3.41. The summed E-state index contributed by atoms with van der Waals surface area (Å²) < 4.78 is 20.9. The molecule has 2 heterocycles. The van der Waals surface area contributed by atoms with Crippen LogP contribution < -0.4 is 5.48 Å². The van der Waals surface area contributed by atoms with Crippen LogP contribution in [0, 0.1) is 5.82 Å². The average Bonchev–Trinajstić information content (AvgIpc) is 2.80. The van der Waals surface area contributed by atoms with E-state index in [0.29, 0.717) is 32.6 Å². The van der Waals surface area contributed by atoms with Crippen LogP contribution in [-0.2, 0) is 22.3 Å². The lowest BCUT2D eigenvalue weighted by atomic mass is 10.0. The minimum Gasteiger partial charge on any atom is -0.331 e. The number of benzene rings is 1. The molecule has 2 aliphatic heterocycles. The van der Waals surface area contributed by atoms with E-state index in [1.807, 2.05) is 6.08 Å². The second kappa shape index (κ2) is 11.8. The van der Waals surface area contributed by atoms with E-state index in [0.717, 1.165) is 11.1 Å². The number of nitrogens with zero attached hydrogens (tertiary/aromatic N) is 4. The summed E-state index contributed by atoms with van der Waals surface area (Å²) in [4.78, 5) is 33.2. The van der Waals surface area contributed by atoms with Gasteiger partial charge in [-0.15, -0.1) is 0 Å². The van der Waals surface area contributed by atoms with Gasteiger partial charge in [-0.25, -0.2) is 19.6 Å². The van der Waals surface area contributed by atoms with E-state index in [9.17, 15) is 14.0 Å². The summed E-state index contributed by atoms with van der Waals surface area (Å²) >= 11 is 2.83. The van der Waals surface area contributed by atoms with Gasteiger partial charge in [-0.05, 0) is 29.7 Å². The molecule has 0 bridgehead atoms. The van der Waals surface area contributed by atoms with Crippen molar-refractivity contribution < 1.29 is 28.3 Å². The quantitative estimate of drug-likeness (QED) is 0.502. The van der Waals surface area contributed by atoms with Gasteiger partial charge >= 0.3 is 6.03 Å². The second-order valence-electron chi connectivity index (χ2n) is 7.21. The smallest absolute Gasteiger partial charge is 0.319 e. The number of hydrogen-bond acceptors (Lipinski definition) is 8. The maximum Gasteiger partial charge on any atom is 0.319 e. The Morgan fingerprint density at radius 2 is 1.87 bits per heavy atom. The van der Waals surface area contributed by atoms with E-state index in [1.54, 1.807) is 41.7 Å². The number of hydroxylamine groups is 5. The number of carbonyl (C=O) groups is 2. The molecule has 0 unspecified atom stereocenters. The van der Waals surface area contributed by atoms with Crippen LogP contribution in [0.4, 0.5) is 9.18 Å². The Hall–Kier alpha value is -2.51. The predicted molar refractivity (Wildman–Crippen MR) is 111 cm³/mol. The molecule has 2 aliphatic rings. The number of halogens is 1. The van der Waals surface area contributed by atoms with Crippen LogP contribution in [-0.4, -0.2) is 94.1 Å². The van der Waals surface area contributed by atoms with Crippen LogP contribution in [0.3, 0.4) is 0 Å². The highest BCUT2D eigenvalue weighted by Gasteiger charge is 2.37. The molecule has 170 valence electrons. The van der Waals surface area contributed by atoms with Crippen molar-refractivity contribution >= 4 is 30.0 Å². The first-order chi connectivity index (χ1) is 14.9. The predicted octanol–water partition coefficient (Wildman–Crippen LogP) is 0.598. The summed E-state index contributed by atoms with van der Waals surface area (Å²) in [5.41, 5.74) is 3.73. The van der Waals surface area contributed by atoms with Gasteiger partial charge < -0.3 is 9.80 Å². The van der Waals surface area contributed by atoms with Crippen LogP contribution in [0.15, 0.2) is 30.3 Å². The van der Waals surface area contributed by atoms with Crippen molar-refractivity contribution in [3.8, 4) is 0 Å². The Balaban J connectivity index is 0.00000166. The van der Waals surface area contributed by atoms with Crippen LogP contribution >= 0.6 is 0 Å². The zero-order chi connectivity index (χ0) is 23.0. The van der Waals surface area contributed by atoms with Gasteiger partial charge in [-0.1, -0.05) is 18.2 Å². The summed E-state index contributed by atoms with van der Waals surface area (Å²) in [6, 6.07) is 5.34. The Labute approximate surface area is 185 Å². The van der Waals surface area contributed by atoms with Crippen molar-refractivity contribution in [1.82, 2.24) is 25.4 Å². The van der Waals surface area contributed by atoms with Crippen molar-refractivity contribution in [2.45, 2.75) is 12.5 Å². The van der Waals surface area contributed by atoms with Gasteiger partial charge in [0.15, 0.2) is 12.5 Å². The van der Waals surface area contributed by atoms with Gasteiger partial charge in [0.1, 0.15) is 11.9 Å². The zero-order valence-corrected chi connectivity index (χ0v) is 18.2. The fraction of sp³-hybridized carbons (Fsp3) is 0.474. The first-order valence-electron chi connectivity index (χ1n) is 9.60. The Morgan fingerprint density at radius 1 is 1.19 bits per heavy atom. The Kier molecular flexibility index (Phi) is 9.40. The van der Waals surface area contributed by atoms with Gasteiger partial charge in [0.25, 0.3) is 5.91 Å². The average molecular weight is 456 g/mol. The van der Waals surface area contributed by atoms with Gasteiger partial charge in [0.2, 0.25) is 0 Å². The van der Waals surface area contributed by atoms with E-state index in [2.05, 4.69) is 12.5 Å². The molecule has 0 saturated carbocycles. The maximum atomic E-state index is 13.1. The number of rotatable bonds is 4. The van der Waals surface area contributed by atoms with E-state index < -0.39 is 11.9 Å². The van der Waals surface area contributed by atoms with Gasteiger partial charge in [0.05, 0.1) is 0 Å². The lowest BCUT2D eigenvalue weighted by molar-refractivity contribution is -0.339. The molecule has 2 N–H and O–H groups in total. The third kappa shape index (κ3) is 6.48. The first kappa shape index (κ1) is 24.8. The van der Waals surface area contributed by atoms with Crippen molar-refractivity contribution in [2.75, 3.05) is 46.8 Å². The summed E-state index contributed by atoms with van der Waals surface area (Å²) in [5.74, 6) is -0.906. The number of urea groups is 1. The topological polar surface area (TPSA) is 106 Å². The lowest BCUT2D eigenvalue weighted by Gasteiger charge is -2.41. The first-order valence-corrected chi connectivity index (χ1v) is 9.94. The molecule has 1 atom stereocenters. The lowest BCUT2D eigenvalue weighted by Crippen LogP contribution is -2.62. The normalized spacial score (nSPS) is 19.7. The van der Waals surface area contributed by atoms with Crippen LogP contribution in [0.1, 0.15) is 12.0 Å². The molecular formula is C19H26FN5O5S. The van der Waals surface area contributed by atoms with E-state index in [1.165, 1.54) is 22.1 Å². The monoisotopic (exact) mass is 455 g/mol. The molecule has 31 heavy (non-hydrogen) atoms. The molecule has 1 aromatic rings. The van der Waals surface area contributed by atoms with Crippen LogP contribution in [0.2, 0.25) is 0 Å². The minimum atomic E-state index is -0.833. The second-order valence-corrected chi connectivity index (χ2v) is 7.21. The Morgan fingerprint density at radius 3 is 2.42 bits per heavy atom. The van der Waals surface area contributed by atoms with Crippen molar-refractivity contribution in [1.29, 1.82) is 0 Å². The van der Waals surface area contributed by atoms with Gasteiger partial charge in [-0.2, -0.15) is 14.3 Å². The largest absolute Gasteiger partial charge is 0.331 e. The van der Waals surface area contributed by atoms with Gasteiger partial charge in [0, 0.05) is 46.8 Å². The Bertz CT molecular complexity index is 794. The van der Waals surface area contributed by atoms with E-state index in [4.69, 9.17) is 14.4 Å². The molecule has 3 amide bonds. The third-order valence-corrected chi connectivity index (χ3v) is 5.00. The highest BCUT2D eigenvalue weighted by Crippen LogP contribution is 2.24. The summed E-state index contributed by atoms with van der Waals surface area (Å²) in [5, 5.41) is 12.3. The fourth-order valence-corrected chi connectivity index (χ4v) is 3.41. The molecule has 1 fully saturated rings. The SMILES string of the molecule is CN(C)C(=O)N1CCN(ON2CC=C(c3ccc(F)cc3)CC2)[C@@H](C(=O)NO)C1.O=S. The number of nitrogens with one attached hydrogen (secondary N) is 1. The molecule has 1 aromatic carbocycles. The molecular weight excluding hydrogens is 429 g/mol. The van der Waals surface area contributed by atoms with Crippen LogP contribution in [0.5, 0.6) is 0 Å². The third-order valence-electron chi connectivity index (χ3n) is 5.00. The molecule has 10 nitrogen and oxygen atoms in total. The van der Waals surface area contributed by atoms with Crippen molar-refractivity contribution in [2.24, 2.45) is 0 Å². The maximum absolute atomic E-state index is 13.1. The molecule has 0 spiro atoms. The standard InChI is InChI=1S/C19H26FN5O4.OS/c1-22(2)19(27)23-11-12-25(17(13-23)18(26)21-28)29-24-9-7-15(8-10-24)14-3-5-16(20)6-4-14;1-2/h3-7,17,28H,8-13H2,1-2H3,(H,21,26);/t17-;/m1./s1. The van der Waals surface area contributed by atoms with E-state index >= 15 is 0 Å². The highest BCUT2D eigenvalue weighted by atomic mass is 32.1. The summed E-state index contributed by atoms with van der Waals surface area (Å²) in [6.45, 7) is 1.91. The number of amides is 3. The van der Waals surface area contributed by atoms with Crippen LogP contribution in [0.25, 0.3) is 5.57 Å². The van der Waals surface area contributed by atoms with Crippen molar-refractivity contribution in [3.05, 3.63) is 41.7 Å². The number of hydrogen-bond donors (Lipinski definition) is 2.